The van der Waals surface area contributed by atoms with Crippen molar-refractivity contribution in [3.63, 3.8) is 0 Å². The van der Waals surface area contributed by atoms with E-state index in [2.05, 4.69) is 38.1 Å². The highest BCUT2D eigenvalue weighted by Gasteiger charge is 2.22. The molecule has 0 saturated carbocycles. The Morgan fingerprint density at radius 3 is 1.88 bits per heavy atom. The van der Waals surface area contributed by atoms with Crippen LogP contribution in [0.1, 0.15) is 82.8 Å². The minimum atomic E-state index is -0.411. The second-order valence-corrected chi connectivity index (χ2v) is 7.10. The molecule has 0 bridgehead atoms. The maximum Gasteiger partial charge on any atom is 0.0611 e. The van der Waals surface area contributed by atoms with E-state index < -0.39 is 5.54 Å². The molecule has 0 aromatic heterocycles. The van der Waals surface area contributed by atoms with Gasteiger partial charge >= 0.3 is 0 Å². The van der Waals surface area contributed by atoms with E-state index in [0.717, 1.165) is 25.7 Å². The third-order valence-electron chi connectivity index (χ3n) is 4.82. The SMILES string of the molecule is CCCCCCCCc1ccc(CCC(N)(CO)CCC)cc1.Cl. The van der Waals surface area contributed by atoms with Gasteiger partial charge in [-0.15, -0.1) is 12.4 Å². The summed E-state index contributed by atoms with van der Waals surface area (Å²) in [7, 11) is 0. The van der Waals surface area contributed by atoms with E-state index in [-0.39, 0.29) is 19.0 Å². The third-order valence-corrected chi connectivity index (χ3v) is 4.82. The largest absolute Gasteiger partial charge is 0.394 e. The monoisotopic (exact) mass is 355 g/mol. The van der Waals surface area contributed by atoms with E-state index in [4.69, 9.17) is 5.73 Å². The van der Waals surface area contributed by atoms with Gasteiger partial charge in [0.25, 0.3) is 0 Å². The summed E-state index contributed by atoms with van der Waals surface area (Å²) in [6, 6.07) is 8.99. The number of aliphatic hydroxyl groups excluding tert-OH is 1. The number of rotatable bonds is 13. The van der Waals surface area contributed by atoms with Crippen molar-refractivity contribution in [2.75, 3.05) is 6.61 Å². The summed E-state index contributed by atoms with van der Waals surface area (Å²) in [5.74, 6) is 0. The fraction of sp³-hybridized carbons (Fsp3) is 0.714. The van der Waals surface area contributed by atoms with Crippen LogP contribution in [-0.4, -0.2) is 17.3 Å². The number of halogens is 1. The van der Waals surface area contributed by atoms with Gasteiger partial charge in [0.05, 0.1) is 6.61 Å². The van der Waals surface area contributed by atoms with Crippen molar-refractivity contribution < 1.29 is 5.11 Å². The highest BCUT2D eigenvalue weighted by Crippen LogP contribution is 2.18. The predicted octanol–water partition coefficient (Wildman–Crippen LogP) is 5.43. The number of unbranched alkanes of at least 4 members (excludes halogenated alkanes) is 5. The Kier molecular flexibility index (Phi) is 13.4. The highest BCUT2D eigenvalue weighted by atomic mass is 35.5. The lowest BCUT2D eigenvalue weighted by Gasteiger charge is -2.26. The molecule has 140 valence electrons. The topological polar surface area (TPSA) is 46.2 Å². The highest BCUT2D eigenvalue weighted by molar-refractivity contribution is 5.85. The molecule has 0 aliphatic rings. The predicted molar refractivity (Wildman–Crippen MR) is 108 cm³/mol. The molecule has 1 unspecified atom stereocenters. The Morgan fingerprint density at radius 1 is 0.792 bits per heavy atom. The molecule has 1 aromatic rings. The number of nitrogens with two attached hydrogens (primary N) is 1. The van der Waals surface area contributed by atoms with Gasteiger partial charge in [0, 0.05) is 5.54 Å². The van der Waals surface area contributed by atoms with Crippen molar-refractivity contribution in [2.24, 2.45) is 5.73 Å². The van der Waals surface area contributed by atoms with Crippen molar-refractivity contribution in [3.05, 3.63) is 35.4 Å². The van der Waals surface area contributed by atoms with E-state index >= 15 is 0 Å². The van der Waals surface area contributed by atoms with E-state index in [9.17, 15) is 5.11 Å². The van der Waals surface area contributed by atoms with Crippen molar-refractivity contribution in [3.8, 4) is 0 Å². The van der Waals surface area contributed by atoms with Gasteiger partial charge in [0.2, 0.25) is 0 Å². The Hall–Kier alpha value is -0.570. The summed E-state index contributed by atoms with van der Waals surface area (Å²) < 4.78 is 0. The van der Waals surface area contributed by atoms with Crippen LogP contribution in [0, 0.1) is 0 Å². The average molecular weight is 356 g/mol. The molecule has 1 rings (SSSR count). The van der Waals surface area contributed by atoms with Gasteiger partial charge in [-0.3, -0.25) is 0 Å². The summed E-state index contributed by atoms with van der Waals surface area (Å²) in [4.78, 5) is 0. The zero-order valence-corrected chi connectivity index (χ0v) is 16.5. The summed E-state index contributed by atoms with van der Waals surface area (Å²) in [5.41, 5.74) is 8.61. The zero-order chi connectivity index (χ0) is 17.0. The molecule has 3 heteroatoms. The quantitative estimate of drug-likeness (QED) is 0.463. The summed E-state index contributed by atoms with van der Waals surface area (Å²) in [6.45, 7) is 4.46. The van der Waals surface area contributed by atoms with E-state index in [1.165, 1.54) is 56.1 Å². The number of aryl methyl sites for hydroxylation is 2. The van der Waals surface area contributed by atoms with Crippen molar-refractivity contribution in [1.82, 2.24) is 0 Å². The standard InChI is InChI=1S/C21H37NO.ClH/c1-3-5-6-7-8-9-10-19-11-13-20(14-12-19)15-17-21(22,18-23)16-4-2;/h11-14,23H,3-10,15-18,22H2,1-2H3;1H. The zero-order valence-electron chi connectivity index (χ0n) is 15.7. The van der Waals surface area contributed by atoms with Crippen LogP contribution in [0.5, 0.6) is 0 Å². The fourth-order valence-electron chi connectivity index (χ4n) is 3.16. The van der Waals surface area contributed by atoms with Gasteiger partial charge < -0.3 is 10.8 Å². The van der Waals surface area contributed by atoms with Crippen LogP contribution in [0.15, 0.2) is 24.3 Å². The van der Waals surface area contributed by atoms with Crippen molar-refractivity contribution >= 4 is 12.4 Å². The Labute approximate surface area is 155 Å². The molecule has 0 aliphatic heterocycles. The first-order valence-electron chi connectivity index (χ1n) is 9.61. The number of hydrogen-bond donors (Lipinski definition) is 2. The molecule has 1 aromatic carbocycles. The normalized spacial score (nSPS) is 13.3. The van der Waals surface area contributed by atoms with Crippen LogP contribution in [0.3, 0.4) is 0 Å². The van der Waals surface area contributed by atoms with Gasteiger partial charge in [-0.25, -0.2) is 0 Å². The first kappa shape index (κ1) is 23.4. The minimum Gasteiger partial charge on any atom is -0.394 e. The molecule has 2 nitrogen and oxygen atoms in total. The van der Waals surface area contributed by atoms with Gasteiger partial charge in [0.15, 0.2) is 0 Å². The molecule has 24 heavy (non-hydrogen) atoms. The first-order chi connectivity index (χ1) is 11.1. The smallest absolute Gasteiger partial charge is 0.0611 e. The fourth-order valence-corrected chi connectivity index (χ4v) is 3.16. The second-order valence-electron chi connectivity index (χ2n) is 7.10. The second kappa shape index (κ2) is 13.7. The van der Waals surface area contributed by atoms with Crippen LogP contribution in [-0.2, 0) is 12.8 Å². The van der Waals surface area contributed by atoms with Gasteiger partial charge in [0.1, 0.15) is 0 Å². The lowest BCUT2D eigenvalue weighted by atomic mass is 9.88. The Bertz CT molecular complexity index is 407. The molecule has 0 aliphatic carbocycles. The van der Waals surface area contributed by atoms with Crippen molar-refractivity contribution in [2.45, 2.75) is 90.0 Å². The number of hydrogen-bond acceptors (Lipinski definition) is 2. The lowest BCUT2D eigenvalue weighted by Crippen LogP contribution is -2.43. The Morgan fingerprint density at radius 2 is 1.33 bits per heavy atom. The maximum absolute atomic E-state index is 9.49. The Balaban J connectivity index is 0.00000529. The molecule has 0 amide bonds. The molecule has 0 spiro atoms. The summed E-state index contributed by atoms with van der Waals surface area (Å²) in [6.07, 6.45) is 13.0. The van der Waals surface area contributed by atoms with Gasteiger partial charge in [-0.1, -0.05) is 76.6 Å². The van der Waals surface area contributed by atoms with Crippen LogP contribution in [0.25, 0.3) is 0 Å². The first-order valence-corrected chi connectivity index (χ1v) is 9.61. The van der Waals surface area contributed by atoms with Gasteiger partial charge in [-0.2, -0.15) is 0 Å². The maximum atomic E-state index is 9.49. The van der Waals surface area contributed by atoms with Gasteiger partial charge in [-0.05, 0) is 43.2 Å². The van der Waals surface area contributed by atoms with Crippen LogP contribution < -0.4 is 5.73 Å². The average Bonchev–Trinajstić information content (AvgIpc) is 2.57. The molecule has 3 N–H and O–H groups in total. The lowest BCUT2D eigenvalue weighted by molar-refractivity contribution is 0.177. The van der Waals surface area contributed by atoms with Crippen LogP contribution >= 0.6 is 12.4 Å². The molecule has 0 fully saturated rings. The summed E-state index contributed by atoms with van der Waals surface area (Å²) in [5, 5.41) is 9.49. The van der Waals surface area contributed by atoms with Crippen LogP contribution in [0.4, 0.5) is 0 Å². The molecular weight excluding hydrogens is 318 g/mol. The van der Waals surface area contributed by atoms with E-state index in [1.807, 2.05) is 0 Å². The molecular formula is C21H38ClNO. The molecule has 0 radical (unpaired) electrons. The van der Waals surface area contributed by atoms with E-state index in [0.29, 0.717) is 0 Å². The van der Waals surface area contributed by atoms with Crippen molar-refractivity contribution in [1.29, 1.82) is 0 Å². The number of aliphatic hydroxyl groups is 1. The summed E-state index contributed by atoms with van der Waals surface area (Å²) >= 11 is 0. The number of benzene rings is 1. The molecule has 0 saturated heterocycles. The molecule has 1 atom stereocenters. The molecule has 0 heterocycles. The van der Waals surface area contributed by atoms with Crippen LogP contribution in [0.2, 0.25) is 0 Å². The third kappa shape index (κ3) is 9.66. The van der Waals surface area contributed by atoms with E-state index in [1.54, 1.807) is 0 Å². The minimum absolute atomic E-state index is 0.